The molecule has 1 aliphatic rings. The molecule has 0 atom stereocenters. The molecular formula is C26H36N2O6. The van der Waals surface area contributed by atoms with Crippen molar-refractivity contribution in [3.05, 3.63) is 47.7 Å². The Labute approximate surface area is 201 Å². The predicted molar refractivity (Wildman–Crippen MR) is 130 cm³/mol. The van der Waals surface area contributed by atoms with Crippen LogP contribution in [0.1, 0.15) is 49.5 Å². The first-order valence-electron chi connectivity index (χ1n) is 11.4. The van der Waals surface area contributed by atoms with Crippen LogP contribution < -0.4 is 4.74 Å². The topological polar surface area (TPSA) is 98.2 Å². The number of carbonyl (C=O) groups excluding carboxylic acids is 1. The highest BCUT2D eigenvalue weighted by atomic mass is 16.5. The largest absolute Gasteiger partial charge is 0.493 e. The second kappa shape index (κ2) is 13.1. The molecule has 1 aliphatic heterocycles. The Morgan fingerprint density at radius 1 is 1.18 bits per heavy atom. The molecule has 2 aromatic rings. The molecule has 8 nitrogen and oxygen atoms in total. The van der Waals surface area contributed by atoms with Crippen LogP contribution in [0.25, 0.3) is 11.3 Å². The fourth-order valence-electron chi connectivity index (χ4n) is 3.27. The van der Waals surface area contributed by atoms with Gasteiger partial charge < -0.3 is 24.2 Å². The first-order valence-corrected chi connectivity index (χ1v) is 11.4. The number of hydrogen-bond acceptors (Lipinski definition) is 6. The van der Waals surface area contributed by atoms with E-state index in [0.717, 1.165) is 49.2 Å². The number of carboxylic acid groups (broad SMARTS) is 1. The number of nitrogens with zero attached hydrogens (tertiary/aromatic N) is 2. The quantitative estimate of drug-likeness (QED) is 0.573. The highest BCUT2D eigenvalue weighted by Crippen LogP contribution is 2.28. The van der Waals surface area contributed by atoms with Crippen molar-refractivity contribution in [1.29, 1.82) is 0 Å². The first-order chi connectivity index (χ1) is 16.2. The van der Waals surface area contributed by atoms with Gasteiger partial charge in [0.1, 0.15) is 5.75 Å². The van der Waals surface area contributed by atoms with Crippen LogP contribution in [0, 0.1) is 5.92 Å². The summed E-state index contributed by atoms with van der Waals surface area (Å²) in [5.74, 6) is 0.198. The molecular weight excluding hydrogens is 436 g/mol. The van der Waals surface area contributed by atoms with Crippen molar-refractivity contribution in [3.8, 4) is 17.0 Å². The van der Waals surface area contributed by atoms with Gasteiger partial charge in [0.15, 0.2) is 0 Å². The first kappa shape index (κ1) is 27.3. The summed E-state index contributed by atoms with van der Waals surface area (Å²) in [6, 6.07) is 8.99. The molecule has 0 saturated carbocycles. The van der Waals surface area contributed by atoms with Crippen molar-refractivity contribution < 1.29 is 28.9 Å². The molecule has 0 spiro atoms. The van der Waals surface area contributed by atoms with E-state index in [1.807, 2.05) is 39.0 Å². The molecule has 1 aromatic carbocycles. The number of rotatable bonds is 8. The second-order valence-corrected chi connectivity index (χ2v) is 9.21. The Bertz CT molecular complexity index is 916. The number of likely N-dealkylation sites (tertiary alicyclic amines) is 1. The summed E-state index contributed by atoms with van der Waals surface area (Å²) in [5.41, 5.74) is 2.67. The SMILES string of the molecule is COC(C)(C)C.COCc1cc(-c2ccc(C(=O)O)cn2)ccc1OCC1CCN(C=O)CC1. The van der Waals surface area contributed by atoms with Crippen molar-refractivity contribution in [2.45, 2.75) is 45.8 Å². The Morgan fingerprint density at radius 2 is 1.85 bits per heavy atom. The molecule has 0 unspecified atom stereocenters. The Balaban J connectivity index is 0.000000604. The van der Waals surface area contributed by atoms with E-state index < -0.39 is 5.97 Å². The van der Waals surface area contributed by atoms with Gasteiger partial charge in [0.05, 0.1) is 30.1 Å². The highest BCUT2D eigenvalue weighted by Gasteiger charge is 2.19. The third kappa shape index (κ3) is 8.76. The number of pyridine rings is 1. The predicted octanol–water partition coefficient (Wildman–Crippen LogP) is 4.27. The zero-order chi connectivity index (χ0) is 25.1. The van der Waals surface area contributed by atoms with Crippen LogP contribution >= 0.6 is 0 Å². The molecule has 1 fully saturated rings. The van der Waals surface area contributed by atoms with Crippen LogP contribution in [0.3, 0.4) is 0 Å². The van der Waals surface area contributed by atoms with E-state index in [9.17, 15) is 9.59 Å². The maximum absolute atomic E-state index is 11.0. The molecule has 186 valence electrons. The van der Waals surface area contributed by atoms with E-state index in [1.54, 1.807) is 25.2 Å². The summed E-state index contributed by atoms with van der Waals surface area (Å²) >= 11 is 0. The van der Waals surface area contributed by atoms with Crippen LogP contribution in [0.5, 0.6) is 5.75 Å². The highest BCUT2D eigenvalue weighted by molar-refractivity contribution is 5.87. The lowest BCUT2D eigenvalue weighted by Gasteiger charge is -2.29. The minimum atomic E-state index is -0.998. The lowest BCUT2D eigenvalue weighted by atomic mass is 9.98. The molecule has 1 N–H and O–H groups in total. The van der Waals surface area contributed by atoms with E-state index in [4.69, 9.17) is 19.3 Å². The number of benzene rings is 1. The number of methoxy groups -OCH3 is 2. The fourth-order valence-corrected chi connectivity index (χ4v) is 3.27. The van der Waals surface area contributed by atoms with Crippen molar-refractivity contribution >= 4 is 12.4 Å². The van der Waals surface area contributed by atoms with Crippen LogP contribution in [-0.4, -0.2) is 66.9 Å². The summed E-state index contributed by atoms with van der Waals surface area (Å²) in [6.07, 6.45) is 4.14. The maximum atomic E-state index is 11.0. The van der Waals surface area contributed by atoms with Gasteiger partial charge in [-0.3, -0.25) is 9.78 Å². The van der Waals surface area contributed by atoms with E-state index in [0.29, 0.717) is 24.8 Å². The van der Waals surface area contributed by atoms with Gasteiger partial charge in [-0.1, -0.05) is 0 Å². The zero-order valence-corrected chi connectivity index (χ0v) is 20.7. The number of piperidine rings is 1. The summed E-state index contributed by atoms with van der Waals surface area (Å²) in [6.45, 7) is 8.63. The van der Waals surface area contributed by atoms with Crippen LogP contribution in [0.15, 0.2) is 36.5 Å². The summed E-state index contributed by atoms with van der Waals surface area (Å²) in [4.78, 5) is 27.8. The number of carboxylic acids is 1. The second-order valence-electron chi connectivity index (χ2n) is 9.21. The maximum Gasteiger partial charge on any atom is 0.337 e. The van der Waals surface area contributed by atoms with Gasteiger partial charge in [0.25, 0.3) is 0 Å². The van der Waals surface area contributed by atoms with Crippen molar-refractivity contribution in [2.24, 2.45) is 5.92 Å². The minimum Gasteiger partial charge on any atom is -0.493 e. The van der Waals surface area contributed by atoms with Gasteiger partial charge in [0, 0.05) is 44.6 Å². The van der Waals surface area contributed by atoms with E-state index >= 15 is 0 Å². The molecule has 1 saturated heterocycles. The minimum absolute atomic E-state index is 0.0417. The molecule has 1 amide bonds. The van der Waals surface area contributed by atoms with E-state index in [-0.39, 0.29) is 11.2 Å². The lowest BCUT2D eigenvalue weighted by Crippen LogP contribution is -2.34. The van der Waals surface area contributed by atoms with Crippen LogP contribution in [-0.2, 0) is 20.9 Å². The number of aromatic nitrogens is 1. The number of carbonyl (C=O) groups is 2. The van der Waals surface area contributed by atoms with Crippen molar-refractivity contribution in [2.75, 3.05) is 33.9 Å². The number of aromatic carboxylic acids is 1. The van der Waals surface area contributed by atoms with Crippen molar-refractivity contribution in [1.82, 2.24) is 9.88 Å². The van der Waals surface area contributed by atoms with Crippen LogP contribution in [0.4, 0.5) is 0 Å². The van der Waals surface area contributed by atoms with Gasteiger partial charge in [-0.05, 0) is 69.9 Å². The molecule has 2 heterocycles. The monoisotopic (exact) mass is 472 g/mol. The third-order valence-corrected chi connectivity index (χ3v) is 5.55. The van der Waals surface area contributed by atoms with Gasteiger partial charge in [0.2, 0.25) is 6.41 Å². The lowest BCUT2D eigenvalue weighted by molar-refractivity contribution is -0.119. The summed E-state index contributed by atoms with van der Waals surface area (Å²) < 4.78 is 16.3. The standard InChI is InChI=1S/C21H24N2O5.C5H12O/c1-27-13-18-10-16(19-4-2-17(11-22-19)21(25)26)3-5-20(18)28-12-15-6-8-23(14-24)9-7-15;1-5(2,3)6-4/h2-5,10-11,14-15H,6-9,12-13H2,1H3,(H,25,26);1-4H3. The van der Waals surface area contributed by atoms with Crippen molar-refractivity contribution in [3.63, 3.8) is 0 Å². The Morgan fingerprint density at radius 3 is 2.35 bits per heavy atom. The summed E-state index contributed by atoms with van der Waals surface area (Å²) in [7, 11) is 3.34. The molecule has 8 heteroatoms. The molecule has 0 bridgehead atoms. The summed E-state index contributed by atoms with van der Waals surface area (Å²) in [5, 5.41) is 9.00. The van der Waals surface area contributed by atoms with Crippen LogP contribution in [0.2, 0.25) is 0 Å². The fraction of sp³-hybridized carbons (Fsp3) is 0.500. The van der Waals surface area contributed by atoms with Gasteiger partial charge >= 0.3 is 5.97 Å². The zero-order valence-electron chi connectivity index (χ0n) is 20.7. The van der Waals surface area contributed by atoms with E-state index in [1.165, 1.54) is 12.3 Å². The normalized spacial score (nSPS) is 14.2. The molecule has 1 aromatic heterocycles. The van der Waals surface area contributed by atoms with Gasteiger partial charge in [-0.25, -0.2) is 4.79 Å². The van der Waals surface area contributed by atoms with E-state index in [2.05, 4.69) is 4.98 Å². The van der Waals surface area contributed by atoms with Gasteiger partial charge in [-0.2, -0.15) is 0 Å². The third-order valence-electron chi connectivity index (χ3n) is 5.55. The number of amides is 1. The number of hydrogen-bond donors (Lipinski definition) is 1. The molecule has 0 aliphatic carbocycles. The number of ether oxygens (including phenoxy) is 3. The molecule has 3 rings (SSSR count). The Hall–Kier alpha value is -2.97. The average molecular weight is 473 g/mol. The average Bonchev–Trinajstić information content (AvgIpc) is 2.83. The molecule has 0 radical (unpaired) electrons. The Kier molecular flexibility index (Phi) is 10.5. The molecule has 34 heavy (non-hydrogen) atoms. The van der Waals surface area contributed by atoms with Gasteiger partial charge in [-0.15, -0.1) is 0 Å². The smallest absolute Gasteiger partial charge is 0.337 e.